The summed E-state index contributed by atoms with van der Waals surface area (Å²) in [5.74, 6) is 0.0812. The number of ether oxygens (including phenoxy) is 1. The van der Waals surface area contributed by atoms with E-state index in [2.05, 4.69) is 15.3 Å². The Morgan fingerprint density at radius 3 is 2.94 bits per heavy atom. The van der Waals surface area contributed by atoms with Crippen LogP contribution in [-0.4, -0.2) is 33.7 Å². The molecule has 0 spiro atoms. The van der Waals surface area contributed by atoms with E-state index >= 15 is 0 Å². The number of hydrogen-bond acceptors (Lipinski definition) is 5. The number of nitrogens with one attached hydrogen (secondary N) is 1. The molecule has 2 rings (SSSR count). The van der Waals surface area contributed by atoms with E-state index in [4.69, 9.17) is 9.84 Å². The minimum atomic E-state index is -0.805. The second-order valence-electron chi connectivity index (χ2n) is 4.25. The van der Waals surface area contributed by atoms with Crippen molar-refractivity contribution >= 4 is 11.9 Å². The molecule has 6 heteroatoms. The van der Waals surface area contributed by atoms with Crippen LogP contribution in [0, 0.1) is 0 Å². The molecule has 0 saturated heterocycles. The van der Waals surface area contributed by atoms with Crippen LogP contribution in [0.5, 0.6) is 5.88 Å². The van der Waals surface area contributed by atoms with Crippen molar-refractivity contribution < 1.29 is 14.6 Å². The first-order chi connectivity index (χ1) is 8.13. The highest BCUT2D eigenvalue weighted by Crippen LogP contribution is 2.37. The first kappa shape index (κ1) is 11.6. The van der Waals surface area contributed by atoms with E-state index in [1.165, 1.54) is 7.11 Å². The van der Waals surface area contributed by atoms with Gasteiger partial charge in [0.15, 0.2) is 0 Å². The molecule has 6 nitrogen and oxygen atoms in total. The van der Waals surface area contributed by atoms with Crippen molar-refractivity contribution in [3.8, 4) is 5.88 Å². The maximum atomic E-state index is 10.8. The molecular formula is C11H15N3O3. The highest BCUT2D eigenvalue weighted by molar-refractivity contribution is 5.69. The Morgan fingerprint density at radius 1 is 1.65 bits per heavy atom. The third-order valence-corrected chi connectivity index (χ3v) is 3.02. The number of aliphatic carboxylic acids is 1. The second kappa shape index (κ2) is 4.57. The number of aromatic nitrogens is 2. The van der Waals surface area contributed by atoms with Crippen molar-refractivity contribution in [1.82, 2.24) is 9.97 Å². The number of carboxylic acid groups (broad SMARTS) is 1. The van der Waals surface area contributed by atoms with Gasteiger partial charge in [-0.2, -0.15) is 4.98 Å². The van der Waals surface area contributed by atoms with Crippen LogP contribution in [0.2, 0.25) is 0 Å². The van der Waals surface area contributed by atoms with Crippen molar-refractivity contribution in [3.63, 3.8) is 0 Å². The molecule has 1 aromatic rings. The van der Waals surface area contributed by atoms with Gasteiger partial charge in [-0.05, 0) is 19.3 Å². The van der Waals surface area contributed by atoms with Gasteiger partial charge in [0, 0.05) is 12.3 Å². The van der Waals surface area contributed by atoms with Crippen LogP contribution >= 0.6 is 0 Å². The fourth-order valence-electron chi connectivity index (χ4n) is 1.99. The van der Waals surface area contributed by atoms with Crippen molar-refractivity contribution in [3.05, 3.63) is 12.3 Å². The molecule has 1 aliphatic carbocycles. The second-order valence-corrected chi connectivity index (χ2v) is 4.25. The van der Waals surface area contributed by atoms with Crippen molar-refractivity contribution in [2.45, 2.75) is 31.2 Å². The minimum Gasteiger partial charge on any atom is -0.481 e. The average molecular weight is 237 g/mol. The van der Waals surface area contributed by atoms with Gasteiger partial charge >= 0.3 is 5.97 Å². The lowest BCUT2D eigenvalue weighted by molar-refractivity contribution is -0.138. The molecule has 0 bridgehead atoms. The van der Waals surface area contributed by atoms with Crippen LogP contribution in [0.1, 0.15) is 25.7 Å². The van der Waals surface area contributed by atoms with Crippen LogP contribution in [0.4, 0.5) is 5.95 Å². The van der Waals surface area contributed by atoms with Gasteiger partial charge in [0.2, 0.25) is 11.8 Å². The van der Waals surface area contributed by atoms with Crippen LogP contribution in [0.15, 0.2) is 12.3 Å². The largest absolute Gasteiger partial charge is 0.481 e. The van der Waals surface area contributed by atoms with Gasteiger partial charge in [0.1, 0.15) is 0 Å². The molecule has 0 aliphatic heterocycles. The number of hydrogen-bond donors (Lipinski definition) is 2. The molecule has 1 heterocycles. The van der Waals surface area contributed by atoms with Gasteiger partial charge in [-0.25, -0.2) is 4.98 Å². The van der Waals surface area contributed by atoms with E-state index < -0.39 is 11.5 Å². The van der Waals surface area contributed by atoms with Gasteiger partial charge in [-0.15, -0.1) is 0 Å². The third-order valence-electron chi connectivity index (χ3n) is 3.02. The third kappa shape index (κ3) is 2.64. The number of methoxy groups -OCH3 is 1. The van der Waals surface area contributed by atoms with Gasteiger partial charge in [-0.1, -0.05) is 0 Å². The maximum absolute atomic E-state index is 10.8. The van der Waals surface area contributed by atoms with Gasteiger partial charge in [-0.3, -0.25) is 4.79 Å². The monoisotopic (exact) mass is 237 g/mol. The number of carboxylic acids is 1. The van der Waals surface area contributed by atoms with Crippen LogP contribution < -0.4 is 10.1 Å². The highest BCUT2D eigenvalue weighted by Gasteiger charge is 2.39. The summed E-state index contributed by atoms with van der Waals surface area (Å²) in [6, 6.07) is 1.65. The zero-order chi connectivity index (χ0) is 12.3. The van der Waals surface area contributed by atoms with Crippen LogP contribution in [0.25, 0.3) is 0 Å². The van der Waals surface area contributed by atoms with Crippen LogP contribution in [0.3, 0.4) is 0 Å². The summed E-state index contributed by atoms with van der Waals surface area (Å²) in [5.41, 5.74) is -0.391. The first-order valence-electron chi connectivity index (χ1n) is 5.51. The fourth-order valence-corrected chi connectivity index (χ4v) is 1.99. The lowest BCUT2D eigenvalue weighted by atomic mass is 9.74. The molecule has 1 fully saturated rings. The average Bonchev–Trinajstić information content (AvgIpc) is 2.26. The predicted octanol–water partition coefficient (Wildman–Crippen LogP) is 1.29. The molecule has 0 unspecified atom stereocenters. The van der Waals surface area contributed by atoms with E-state index in [0.717, 1.165) is 19.3 Å². The molecule has 1 aromatic heterocycles. The van der Waals surface area contributed by atoms with E-state index in [-0.39, 0.29) is 6.42 Å². The molecule has 0 amide bonds. The SMILES string of the molecule is COc1ccnc(NC2(CC(=O)O)CCC2)n1. The molecule has 0 radical (unpaired) electrons. The number of anilines is 1. The molecule has 1 saturated carbocycles. The minimum absolute atomic E-state index is 0.0908. The summed E-state index contributed by atoms with van der Waals surface area (Å²) >= 11 is 0. The van der Waals surface area contributed by atoms with Crippen molar-refractivity contribution in [2.75, 3.05) is 12.4 Å². The summed E-state index contributed by atoms with van der Waals surface area (Å²) in [6.07, 6.45) is 4.37. The Bertz CT molecular complexity index is 418. The van der Waals surface area contributed by atoms with E-state index in [1.807, 2.05) is 0 Å². The Hall–Kier alpha value is -1.85. The van der Waals surface area contributed by atoms with Crippen LogP contribution in [-0.2, 0) is 4.79 Å². The lowest BCUT2D eigenvalue weighted by Gasteiger charge is -2.41. The molecule has 2 N–H and O–H groups in total. The summed E-state index contributed by atoms with van der Waals surface area (Å²) in [4.78, 5) is 19.0. The number of rotatable bonds is 5. The predicted molar refractivity (Wildman–Crippen MR) is 61.0 cm³/mol. The standard InChI is InChI=1S/C11H15N3O3/c1-17-8-3-6-12-10(13-8)14-11(4-2-5-11)7-9(15)16/h3,6H,2,4-5,7H2,1H3,(H,15,16)(H,12,13,14). The number of nitrogens with zero attached hydrogens (tertiary/aromatic N) is 2. The van der Waals surface area contributed by atoms with Crippen molar-refractivity contribution in [2.24, 2.45) is 0 Å². The molecule has 0 aromatic carbocycles. The first-order valence-corrected chi connectivity index (χ1v) is 5.51. The van der Waals surface area contributed by atoms with Gasteiger partial charge in [0.25, 0.3) is 0 Å². The summed E-state index contributed by atoms with van der Waals surface area (Å²) < 4.78 is 4.99. The molecular weight excluding hydrogens is 222 g/mol. The summed E-state index contributed by atoms with van der Waals surface area (Å²) in [7, 11) is 1.53. The smallest absolute Gasteiger partial charge is 0.305 e. The Balaban J connectivity index is 2.09. The highest BCUT2D eigenvalue weighted by atomic mass is 16.5. The van der Waals surface area contributed by atoms with Crippen molar-refractivity contribution in [1.29, 1.82) is 0 Å². The van der Waals surface area contributed by atoms with E-state index in [9.17, 15) is 4.79 Å². The zero-order valence-electron chi connectivity index (χ0n) is 9.64. The molecule has 1 aliphatic rings. The maximum Gasteiger partial charge on any atom is 0.305 e. The van der Waals surface area contributed by atoms with Gasteiger partial charge < -0.3 is 15.2 Å². The normalized spacial score (nSPS) is 17.0. The summed E-state index contributed by atoms with van der Waals surface area (Å²) in [6.45, 7) is 0. The molecule has 17 heavy (non-hydrogen) atoms. The fraction of sp³-hybridized carbons (Fsp3) is 0.545. The topological polar surface area (TPSA) is 84.3 Å². The Kier molecular flexibility index (Phi) is 3.12. The lowest BCUT2D eigenvalue weighted by Crippen LogP contribution is -2.47. The number of carbonyl (C=O) groups is 1. The van der Waals surface area contributed by atoms with Gasteiger partial charge in [0.05, 0.1) is 19.1 Å². The zero-order valence-corrected chi connectivity index (χ0v) is 9.64. The van der Waals surface area contributed by atoms with E-state index in [0.29, 0.717) is 11.8 Å². The summed E-state index contributed by atoms with van der Waals surface area (Å²) in [5, 5.41) is 12.0. The molecule has 0 atom stereocenters. The molecule has 92 valence electrons. The van der Waals surface area contributed by atoms with E-state index in [1.54, 1.807) is 12.3 Å². The Morgan fingerprint density at radius 2 is 2.41 bits per heavy atom. The quantitative estimate of drug-likeness (QED) is 0.802. The Labute approximate surface area is 99.0 Å².